The maximum absolute atomic E-state index is 11.0. The van der Waals surface area contributed by atoms with Crippen molar-refractivity contribution in [3.05, 3.63) is 29.7 Å². The summed E-state index contributed by atoms with van der Waals surface area (Å²) < 4.78 is 8.03. The average molecular weight is 532 g/mol. The second kappa shape index (κ2) is 10.3. The van der Waals surface area contributed by atoms with E-state index in [1.165, 1.54) is 0 Å². The molecule has 3 aliphatic heterocycles. The van der Waals surface area contributed by atoms with Crippen molar-refractivity contribution in [3.8, 4) is 6.07 Å². The summed E-state index contributed by atoms with van der Waals surface area (Å²) in [4.78, 5) is 29.9. The van der Waals surface area contributed by atoms with E-state index in [9.17, 15) is 10.1 Å². The molecule has 1 atom stereocenters. The number of anilines is 3. The number of amides is 1. The highest BCUT2D eigenvalue weighted by Crippen LogP contribution is 2.38. The lowest BCUT2D eigenvalue weighted by Crippen LogP contribution is -2.44. The second-order valence-corrected chi connectivity index (χ2v) is 11.0. The summed E-state index contributed by atoms with van der Waals surface area (Å²) in [6.45, 7) is 5.57. The number of aromatic nitrogens is 5. The molecule has 0 aromatic carbocycles. The Morgan fingerprint density at radius 1 is 1.23 bits per heavy atom. The van der Waals surface area contributed by atoms with Gasteiger partial charge in [0.2, 0.25) is 0 Å². The van der Waals surface area contributed by atoms with Crippen LogP contribution >= 0.6 is 0 Å². The van der Waals surface area contributed by atoms with Crippen molar-refractivity contribution in [2.24, 2.45) is 5.41 Å². The highest BCUT2D eigenvalue weighted by molar-refractivity contribution is 5.88. The molecule has 12 heteroatoms. The smallest absolute Gasteiger partial charge is 0.404 e. The van der Waals surface area contributed by atoms with Gasteiger partial charge in [-0.3, -0.25) is 0 Å². The first kappa shape index (κ1) is 25.3. The molecule has 39 heavy (non-hydrogen) atoms. The number of nitrogens with zero attached hydrogens (tertiary/aromatic N) is 8. The molecule has 0 bridgehead atoms. The summed E-state index contributed by atoms with van der Waals surface area (Å²) >= 11 is 0. The van der Waals surface area contributed by atoms with Crippen molar-refractivity contribution >= 4 is 34.6 Å². The van der Waals surface area contributed by atoms with Gasteiger partial charge in [-0.15, -0.1) is 5.10 Å². The minimum atomic E-state index is -0.985. The number of rotatable bonds is 5. The number of nitrogens with one attached hydrogen (secondary N) is 1. The Balaban J connectivity index is 1.34. The third-order valence-electron chi connectivity index (χ3n) is 8.17. The predicted molar refractivity (Wildman–Crippen MR) is 144 cm³/mol. The number of aryl methyl sites for hydroxylation is 1. The number of ether oxygens (including phenoxy) is 1. The van der Waals surface area contributed by atoms with Crippen LogP contribution in [0.1, 0.15) is 63.1 Å². The van der Waals surface area contributed by atoms with E-state index in [2.05, 4.69) is 33.1 Å². The molecule has 2 N–H and O–H groups in total. The van der Waals surface area contributed by atoms with Crippen LogP contribution in [0.3, 0.4) is 0 Å². The Labute approximate surface area is 226 Å². The summed E-state index contributed by atoms with van der Waals surface area (Å²) in [6, 6.07) is 5.84. The van der Waals surface area contributed by atoms with Crippen molar-refractivity contribution in [2.45, 2.75) is 58.1 Å². The van der Waals surface area contributed by atoms with Crippen LogP contribution in [0.25, 0.3) is 11.2 Å². The fourth-order valence-electron chi connectivity index (χ4n) is 5.81. The van der Waals surface area contributed by atoms with Gasteiger partial charge in [0, 0.05) is 32.8 Å². The molecule has 2 fully saturated rings. The molecule has 1 amide bonds. The highest BCUT2D eigenvalue weighted by atomic mass is 16.5. The number of nitriles is 1. The molecule has 3 aromatic heterocycles. The Bertz CT molecular complexity index is 1420. The third-order valence-corrected chi connectivity index (χ3v) is 8.17. The topological polar surface area (TPSA) is 145 Å². The normalized spacial score (nSPS) is 20.9. The lowest BCUT2D eigenvalue weighted by Gasteiger charge is -2.39. The SMILES string of the molecule is CC1(CNC(=O)O)CCN(c2cnc3c(N4CCCc5nc(C#N)ccc54)nn(C4CCCCO4)c3n2)CC1. The minimum Gasteiger partial charge on any atom is -0.465 e. The van der Waals surface area contributed by atoms with Gasteiger partial charge in [-0.25, -0.2) is 24.4 Å². The van der Waals surface area contributed by atoms with Gasteiger partial charge in [0.25, 0.3) is 0 Å². The van der Waals surface area contributed by atoms with Crippen LogP contribution in [-0.4, -0.2) is 68.7 Å². The van der Waals surface area contributed by atoms with Crippen LogP contribution in [-0.2, 0) is 11.2 Å². The van der Waals surface area contributed by atoms with Gasteiger partial charge in [0.15, 0.2) is 23.2 Å². The van der Waals surface area contributed by atoms with Crippen LogP contribution in [0.5, 0.6) is 0 Å². The van der Waals surface area contributed by atoms with Crippen molar-refractivity contribution in [1.29, 1.82) is 5.26 Å². The summed E-state index contributed by atoms with van der Waals surface area (Å²) in [5, 5.41) is 25.9. The fraction of sp³-hybridized carbons (Fsp3) is 0.556. The van der Waals surface area contributed by atoms with E-state index < -0.39 is 6.09 Å². The molecule has 0 spiro atoms. The molecule has 0 aliphatic carbocycles. The monoisotopic (exact) mass is 531 g/mol. The van der Waals surface area contributed by atoms with Crippen LogP contribution in [0.2, 0.25) is 0 Å². The number of carbonyl (C=O) groups is 1. The molecule has 12 nitrogen and oxygen atoms in total. The highest BCUT2D eigenvalue weighted by Gasteiger charge is 2.33. The number of hydrogen-bond donors (Lipinski definition) is 2. The largest absolute Gasteiger partial charge is 0.465 e. The van der Waals surface area contributed by atoms with Crippen LogP contribution in [0.4, 0.5) is 22.1 Å². The Hall–Kier alpha value is -3.98. The molecular formula is C27H33N9O3. The third kappa shape index (κ3) is 4.94. The molecule has 6 rings (SSSR count). The zero-order chi connectivity index (χ0) is 27.0. The first-order chi connectivity index (χ1) is 18.9. The van der Waals surface area contributed by atoms with Gasteiger partial charge in [-0.05, 0) is 62.5 Å². The maximum Gasteiger partial charge on any atom is 0.404 e. The lowest BCUT2D eigenvalue weighted by atomic mass is 9.80. The Morgan fingerprint density at radius 3 is 2.82 bits per heavy atom. The number of carboxylic acid groups (broad SMARTS) is 1. The number of piperidine rings is 1. The number of pyridine rings is 1. The average Bonchev–Trinajstić information content (AvgIpc) is 3.35. The van der Waals surface area contributed by atoms with Gasteiger partial charge < -0.3 is 25.0 Å². The summed E-state index contributed by atoms with van der Waals surface area (Å²) in [5.41, 5.74) is 3.60. The molecule has 0 saturated carbocycles. The van der Waals surface area contributed by atoms with Gasteiger partial charge >= 0.3 is 6.09 Å². The van der Waals surface area contributed by atoms with E-state index in [1.54, 1.807) is 6.07 Å². The number of fused-ring (bicyclic) bond motifs is 2. The summed E-state index contributed by atoms with van der Waals surface area (Å²) in [5.74, 6) is 1.52. The zero-order valence-corrected chi connectivity index (χ0v) is 22.1. The van der Waals surface area contributed by atoms with Gasteiger partial charge in [0.1, 0.15) is 17.6 Å². The molecule has 1 unspecified atom stereocenters. The molecular weight excluding hydrogens is 498 g/mol. The first-order valence-corrected chi connectivity index (χ1v) is 13.7. The standard InChI is InChI=1S/C27H33N9O3/c1-27(17-30-26(37)38)9-12-34(13-10-27)21-16-29-23-24(32-21)36(22-6-2-3-14-39-22)33-25(23)35-11-4-5-19-20(35)8-7-18(15-28)31-19/h7-8,16,22,30H,2-6,9-14,17H2,1H3,(H,37,38). The van der Waals surface area contributed by atoms with Gasteiger partial charge in [-0.1, -0.05) is 6.92 Å². The van der Waals surface area contributed by atoms with E-state index in [0.717, 1.165) is 93.1 Å². The number of hydrogen-bond acceptors (Lipinski definition) is 9. The summed E-state index contributed by atoms with van der Waals surface area (Å²) in [7, 11) is 0. The van der Waals surface area contributed by atoms with Gasteiger partial charge in [-0.2, -0.15) is 5.26 Å². The summed E-state index contributed by atoms with van der Waals surface area (Å²) in [6.07, 6.45) is 7.03. The van der Waals surface area contributed by atoms with E-state index in [-0.39, 0.29) is 11.6 Å². The van der Waals surface area contributed by atoms with Crippen molar-refractivity contribution in [3.63, 3.8) is 0 Å². The molecule has 0 radical (unpaired) electrons. The van der Waals surface area contributed by atoms with E-state index in [0.29, 0.717) is 24.5 Å². The van der Waals surface area contributed by atoms with Crippen molar-refractivity contribution < 1.29 is 14.6 Å². The zero-order valence-electron chi connectivity index (χ0n) is 22.1. The van der Waals surface area contributed by atoms with Crippen molar-refractivity contribution in [2.75, 3.05) is 42.6 Å². The van der Waals surface area contributed by atoms with Crippen LogP contribution in [0, 0.1) is 16.7 Å². The molecule has 2 saturated heterocycles. The predicted octanol–water partition coefficient (Wildman–Crippen LogP) is 3.75. The van der Waals surface area contributed by atoms with Gasteiger partial charge in [0.05, 0.1) is 17.6 Å². The first-order valence-electron chi connectivity index (χ1n) is 13.7. The Morgan fingerprint density at radius 2 is 2.08 bits per heavy atom. The lowest BCUT2D eigenvalue weighted by molar-refractivity contribution is -0.0368. The Kier molecular flexibility index (Phi) is 6.68. The molecule has 3 aromatic rings. The molecule has 3 aliphatic rings. The van der Waals surface area contributed by atoms with Crippen LogP contribution in [0.15, 0.2) is 18.3 Å². The quantitative estimate of drug-likeness (QED) is 0.499. The van der Waals surface area contributed by atoms with E-state index in [4.69, 9.17) is 24.9 Å². The molecule has 204 valence electrons. The fourth-order valence-corrected chi connectivity index (χ4v) is 5.81. The van der Waals surface area contributed by atoms with E-state index in [1.807, 2.05) is 16.9 Å². The second-order valence-electron chi connectivity index (χ2n) is 11.0. The van der Waals surface area contributed by atoms with Crippen molar-refractivity contribution in [1.82, 2.24) is 30.0 Å². The minimum absolute atomic E-state index is 0.0849. The van der Waals surface area contributed by atoms with E-state index >= 15 is 0 Å². The molecule has 6 heterocycles. The maximum atomic E-state index is 11.0. The van der Waals surface area contributed by atoms with Crippen LogP contribution < -0.4 is 15.1 Å².